The molecule has 2 N–H and O–H groups in total. The summed E-state index contributed by atoms with van der Waals surface area (Å²) in [5.74, 6) is -0.0928. The largest absolute Gasteiger partial charge is 0.383 e. The third-order valence-corrected chi connectivity index (χ3v) is 3.43. The molecular weight excluding hydrogens is 323 g/mol. The Hall–Kier alpha value is -1.43. The Morgan fingerprint density at radius 1 is 1.25 bits per heavy atom. The van der Waals surface area contributed by atoms with Crippen molar-refractivity contribution in [2.45, 2.75) is 0 Å². The van der Waals surface area contributed by atoms with Crippen molar-refractivity contribution in [3.63, 3.8) is 0 Å². The number of hydrogen-bond donors (Lipinski definition) is 1. The van der Waals surface area contributed by atoms with Crippen LogP contribution in [0.2, 0.25) is 15.1 Å². The summed E-state index contributed by atoms with van der Waals surface area (Å²) in [5.41, 5.74) is 6.61. The first-order valence-electron chi connectivity index (χ1n) is 5.53. The summed E-state index contributed by atoms with van der Waals surface area (Å²) in [6.07, 6.45) is 1.37. The van der Waals surface area contributed by atoms with Crippen LogP contribution in [-0.2, 0) is 0 Å². The van der Waals surface area contributed by atoms with Crippen molar-refractivity contribution in [3.8, 4) is 5.69 Å². The molecule has 5 nitrogen and oxygen atoms in total. The first-order valence-corrected chi connectivity index (χ1v) is 6.66. The van der Waals surface area contributed by atoms with Gasteiger partial charge in [0.25, 0.3) is 5.91 Å². The van der Waals surface area contributed by atoms with E-state index >= 15 is 0 Å². The molecule has 0 atom stereocenters. The number of hydrogen-bond acceptors (Lipinski definition) is 3. The second-order valence-electron chi connectivity index (χ2n) is 4.27. The predicted molar refractivity (Wildman–Crippen MR) is 81.0 cm³/mol. The number of aromatic nitrogens is 2. The third kappa shape index (κ3) is 2.57. The van der Waals surface area contributed by atoms with E-state index in [0.29, 0.717) is 20.8 Å². The van der Waals surface area contributed by atoms with Crippen LogP contribution in [0.25, 0.3) is 5.69 Å². The highest BCUT2D eigenvalue weighted by Gasteiger charge is 2.20. The van der Waals surface area contributed by atoms with Gasteiger partial charge in [0.15, 0.2) is 0 Å². The smallest absolute Gasteiger partial charge is 0.258 e. The van der Waals surface area contributed by atoms with Gasteiger partial charge in [0.1, 0.15) is 17.1 Å². The van der Waals surface area contributed by atoms with E-state index in [1.807, 2.05) is 0 Å². The first kappa shape index (κ1) is 15.0. The third-order valence-electron chi connectivity index (χ3n) is 2.64. The molecule has 2 rings (SSSR count). The number of carbonyl (C=O) groups is 1. The van der Waals surface area contributed by atoms with Crippen molar-refractivity contribution in [1.82, 2.24) is 14.7 Å². The van der Waals surface area contributed by atoms with Gasteiger partial charge < -0.3 is 10.6 Å². The van der Waals surface area contributed by atoms with Crippen LogP contribution < -0.4 is 5.73 Å². The van der Waals surface area contributed by atoms with Crippen LogP contribution >= 0.6 is 34.8 Å². The second kappa shape index (κ2) is 5.52. The van der Waals surface area contributed by atoms with Gasteiger partial charge in [-0.15, -0.1) is 0 Å². The summed E-state index contributed by atoms with van der Waals surface area (Å²) >= 11 is 18.1. The highest BCUT2D eigenvalue weighted by molar-refractivity contribution is 6.40. The minimum Gasteiger partial charge on any atom is -0.383 e. The average molecular weight is 334 g/mol. The van der Waals surface area contributed by atoms with Crippen molar-refractivity contribution >= 4 is 46.5 Å². The Labute approximate surface area is 130 Å². The normalized spacial score (nSPS) is 10.7. The zero-order chi connectivity index (χ0) is 15.0. The molecule has 0 fully saturated rings. The molecule has 20 heavy (non-hydrogen) atoms. The Morgan fingerprint density at radius 2 is 1.80 bits per heavy atom. The van der Waals surface area contributed by atoms with Gasteiger partial charge in [-0.1, -0.05) is 34.8 Å². The monoisotopic (exact) mass is 332 g/mol. The highest BCUT2D eigenvalue weighted by atomic mass is 35.5. The van der Waals surface area contributed by atoms with Crippen LogP contribution in [0.5, 0.6) is 0 Å². The van der Waals surface area contributed by atoms with E-state index < -0.39 is 0 Å². The number of nitrogens with two attached hydrogens (primary N) is 1. The van der Waals surface area contributed by atoms with Gasteiger partial charge in [0.2, 0.25) is 0 Å². The van der Waals surface area contributed by atoms with Crippen molar-refractivity contribution < 1.29 is 4.79 Å². The molecule has 0 radical (unpaired) electrons. The van der Waals surface area contributed by atoms with Gasteiger partial charge in [-0.25, -0.2) is 4.68 Å². The van der Waals surface area contributed by atoms with E-state index in [4.69, 9.17) is 40.5 Å². The number of nitrogens with zero attached hydrogens (tertiary/aromatic N) is 3. The molecule has 0 aliphatic rings. The summed E-state index contributed by atoms with van der Waals surface area (Å²) in [4.78, 5) is 13.3. The maximum Gasteiger partial charge on any atom is 0.258 e. The zero-order valence-electron chi connectivity index (χ0n) is 10.7. The molecule has 0 spiro atoms. The molecule has 1 heterocycles. The van der Waals surface area contributed by atoms with Crippen LogP contribution in [0.15, 0.2) is 18.3 Å². The number of carbonyl (C=O) groups excluding carboxylic acids is 1. The topological polar surface area (TPSA) is 64.2 Å². The molecule has 1 amide bonds. The standard InChI is InChI=1S/C12H11Cl3N4O/c1-18(2)12(20)7-5-17-19(11(7)16)10-8(14)3-6(13)4-9(10)15/h3-5H,16H2,1-2H3. The fourth-order valence-corrected chi connectivity index (χ4v) is 2.66. The Morgan fingerprint density at radius 3 is 2.30 bits per heavy atom. The van der Waals surface area contributed by atoms with Crippen LogP contribution in [0.3, 0.4) is 0 Å². The molecule has 0 aliphatic heterocycles. The minimum absolute atomic E-state index is 0.162. The number of halogens is 3. The molecule has 0 saturated carbocycles. The highest BCUT2D eigenvalue weighted by Crippen LogP contribution is 2.33. The molecule has 0 saturated heterocycles. The molecule has 0 unspecified atom stereocenters. The average Bonchev–Trinajstić information content (AvgIpc) is 2.69. The molecular formula is C12H11Cl3N4O. The fraction of sp³-hybridized carbons (Fsp3) is 0.167. The number of anilines is 1. The van der Waals surface area contributed by atoms with E-state index in [1.165, 1.54) is 27.9 Å². The summed E-state index contributed by atoms with van der Waals surface area (Å²) in [7, 11) is 3.25. The van der Waals surface area contributed by atoms with E-state index in [-0.39, 0.29) is 17.3 Å². The quantitative estimate of drug-likeness (QED) is 0.918. The zero-order valence-corrected chi connectivity index (χ0v) is 13.0. The molecule has 106 valence electrons. The van der Waals surface area contributed by atoms with Crippen LogP contribution in [0.1, 0.15) is 10.4 Å². The van der Waals surface area contributed by atoms with Crippen molar-refractivity contribution in [3.05, 3.63) is 39.0 Å². The Balaban J connectivity index is 2.59. The summed E-state index contributed by atoms with van der Waals surface area (Å²) in [6.45, 7) is 0. The molecule has 0 bridgehead atoms. The molecule has 2 aromatic rings. The maximum atomic E-state index is 11.9. The van der Waals surface area contributed by atoms with E-state index in [9.17, 15) is 4.79 Å². The van der Waals surface area contributed by atoms with Crippen molar-refractivity contribution in [2.24, 2.45) is 0 Å². The van der Waals surface area contributed by atoms with Gasteiger partial charge >= 0.3 is 0 Å². The second-order valence-corrected chi connectivity index (χ2v) is 5.52. The Bertz CT molecular complexity index is 658. The lowest BCUT2D eigenvalue weighted by molar-refractivity contribution is 0.0828. The number of rotatable bonds is 2. The van der Waals surface area contributed by atoms with E-state index in [0.717, 1.165) is 0 Å². The van der Waals surface area contributed by atoms with Crippen molar-refractivity contribution in [2.75, 3.05) is 19.8 Å². The van der Waals surface area contributed by atoms with Gasteiger partial charge in [-0.05, 0) is 12.1 Å². The lowest BCUT2D eigenvalue weighted by atomic mass is 10.3. The number of benzene rings is 1. The van der Waals surface area contributed by atoms with Crippen molar-refractivity contribution in [1.29, 1.82) is 0 Å². The predicted octanol–water partition coefficient (Wildman–Crippen LogP) is 3.12. The van der Waals surface area contributed by atoms with Crippen LogP contribution in [-0.4, -0.2) is 34.7 Å². The molecule has 1 aromatic heterocycles. The molecule has 8 heteroatoms. The van der Waals surface area contributed by atoms with E-state index in [2.05, 4.69) is 5.10 Å². The van der Waals surface area contributed by atoms with Gasteiger partial charge in [-0.3, -0.25) is 4.79 Å². The molecule has 1 aromatic carbocycles. The lowest BCUT2D eigenvalue weighted by Gasteiger charge is -2.11. The van der Waals surface area contributed by atoms with Crippen LogP contribution in [0, 0.1) is 0 Å². The number of nitrogen functional groups attached to an aromatic ring is 1. The Kier molecular flexibility index (Phi) is 4.13. The summed E-state index contributed by atoms with van der Waals surface area (Å²) in [5, 5.41) is 5.06. The van der Waals surface area contributed by atoms with Gasteiger partial charge in [0.05, 0.1) is 16.2 Å². The lowest BCUT2D eigenvalue weighted by Crippen LogP contribution is -2.22. The first-order chi connectivity index (χ1) is 9.32. The summed E-state index contributed by atoms with van der Waals surface area (Å²) in [6, 6.07) is 3.05. The van der Waals surface area contributed by atoms with Gasteiger partial charge in [0, 0.05) is 19.1 Å². The van der Waals surface area contributed by atoms with Crippen LogP contribution in [0.4, 0.5) is 5.82 Å². The fourth-order valence-electron chi connectivity index (χ4n) is 1.68. The van der Waals surface area contributed by atoms with E-state index in [1.54, 1.807) is 14.1 Å². The SMILES string of the molecule is CN(C)C(=O)c1cnn(-c2c(Cl)cc(Cl)cc2Cl)c1N. The maximum absolute atomic E-state index is 11.9. The molecule has 0 aliphatic carbocycles. The summed E-state index contributed by atoms with van der Waals surface area (Å²) < 4.78 is 1.32. The minimum atomic E-state index is -0.255. The van der Waals surface area contributed by atoms with Gasteiger partial charge in [-0.2, -0.15) is 5.10 Å². The number of amides is 1.